The summed E-state index contributed by atoms with van der Waals surface area (Å²) >= 11 is 0. The average molecular weight is 291 g/mol. The van der Waals surface area contributed by atoms with Gasteiger partial charge in [0.25, 0.3) is 0 Å². The molecule has 0 radical (unpaired) electrons. The van der Waals surface area contributed by atoms with E-state index in [1.54, 1.807) is 12.5 Å². The largest absolute Gasteiger partial charge is 0.468 e. The quantitative estimate of drug-likeness (QED) is 0.722. The molecular weight excluding hydrogens is 276 g/mol. The lowest BCUT2D eigenvalue weighted by Gasteiger charge is -2.17. The van der Waals surface area contributed by atoms with Gasteiger partial charge < -0.3 is 20.3 Å². The van der Waals surface area contributed by atoms with Gasteiger partial charge in [-0.3, -0.25) is 0 Å². The van der Waals surface area contributed by atoms with Crippen molar-refractivity contribution in [3.05, 3.63) is 72.1 Å². The van der Waals surface area contributed by atoms with Gasteiger partial charge in [-0.15, -0.1) is 12.4 Å². The first-order chi connectivity index (χ1) is 9.27. The summed E-state index contributed by atoms with van der Waals surface area (Å²) in [6.07, 6.45) is 3.25. The molecule has 0 spiro atoms. The van der Waals surface area contributed by atoms with Gasteiger partial charge >= 0.3 is 0 Å². The predicted octanol–water partition coefficient (Wildman–Crippen LogP) is 3.64. The maximum absolute atomic E-state index is 6.07. The Morgan fingerprint density at radius 2 is 1.25 bits per heavy atom. The zero-order valence-corrected chi connectivity index (χ0v) is 11.5. The van der Waals surface area contributed by atoms with Gasteiger partial charge in [-0.1, -0.05) is 6.07 Å². The van der Waals surface area contributed by atoms with Crippen molar-refractivity contribution in [3.8, 4) is 0 Å². The van der Waals surface area contributed by atoms with E-state index in [0.717, 1.165) is 17.1 Å². The van der Waals surface area contributed by atoms with E-state index in [1.807, 2.05) is 42.5 Å². The summed E-state index contributed by atoms with van der Waals surface area (Å²) in [5, 5.41) is 0. The van der Waals surface area contributed by atoms with E-state index in [2.05, 4.69) is 0 Å². The third-order valence-corrected chi connectivity index (χ3v) is 3.12. The average Bonchev–Trinajstić information content (AvgIpc) is 3.07. The summed E-state index contributed by atoms with van der Waals surface area (Å²) in [4.78, 5) is 0. The van der Waals surface area contributed by atoms with Crippen LogP contribution < -0.4 is 11.5 Å². The number of rotatable bonds is 3. The highest BCUT2D eigenvalue weighted by atomic mass is 35.5. The molecule has 0 aliphatic rings. The third kappa shape index (κ3) is 2.38. The maximum atomic E-state index is 6.07. The van der Waals surface area contributed by atoms with Crippen molar-refractivity contribution in [2.75, 3.05) is 11.5 Å². The molecular formula is C15H15ClN2O2. The van der Waals surface area contributed by atoms with Crippen molar-refractivity contribution >= 4 is 23.8 Å². The highest BCUT2D eigenvalue weighted by Gasteiger charge is 2.25. The summed E-state index contributed by atoms with van der Waals surface area (Å²) in [5.74, 6) is 1.27. The first-order valence-corrected chi connectivity index (χ1v) is 5.98. The number of anilines is 2. The Balaban J connectivity index is 0.00000147. The molecule has 0 unspecified atom stereocenters. The molecule has 0 saturated heterocycles. The van der Waals surface area contributed by atoms with Crippen molar-refractivity contribution in [1.29, 1.82) is 0 Å². The van der Waals surface area contributed by atoms with Crippen molar-refractivity contribution in [1.82, 2.24) is 0 Å². The first kappa shape index (κ1) is 14.1. The molecule has 0 aliphatic heterocycles. The van der Waals surface area contributed by atoms with Gasteiger partial charge in [-0.2, -0.15) is 0 Å². The molecule has 0 fully saturated rings. The third-order valence-electron chi connectivity index (χ3n) is 3.12. The molecule has 0 atom stereocenters. The summed E-state index contributed by atoms with van der Waals surface area (Å²) < 4.78 is 11.0. The molecule has 2 heterocycles. The SMILES string of the molecule is Cl.Nc1cccc(N)c1C(c1ccco1)c1ccco1. The zero-order valence-electron chi connectivity index (χ0n) is 10.7. The van der Waals surface area contributed by atoms with E-state index in [1.165, 1.54) is 0 Å². The van der Waals surface area contributed by atoms with E-state index in [4.69, 9.17) is 20.3 Å². The standard InChI is InChI=1S/C15H14N2O2.ClH/c16-10-4-1-5-11(17)14(10)15(12-6-2-8-18-12)13-7-3-9-19-13;/h1-9,15H,16-17H2;1H. The maximum Gasteiger partial charge on any atom is 0.118 e. The molecule has 3 rings (SSSR count). The molecule has 20 heavy (non-hydrogen) atoms. The minimum Gasteiger partial charge on any atom is -0.468 e. The number of nitrogens with two attached hydrogens (primary N) is 2. The lowest BCUT2D eigenvalue weighted by atomic mass is 9.91. The number of nitrogen functional groups attached to an aromatic ring is 2. The summed E-state index contributed by atoms with van der Waals surface area (Å²) in [6.45, 7) is 0. The second-order valence-corrected chi connectivity index (χ2v) is 4.31. The van der Waals surface area contributed by atoms with Crippen LogP contribution in [0.2, 0.25) is 0 Å². The van der Waals surface area contributed by atoms with Gasteiger partial charge in [0.2, 0.25) is 0 Å². The number of hydrogen-bond acceptors (Lipinski definition) is 4. The molecule has 4 N–H and O–H groups in total. The summed E-state index contributed by atoms with van der Waals surface area (Å²) in [7, 11) is 0. The molecule has 3 aromatic rings. The minimum atomic E-state index is -0.230. The number of hydrogen-bond donors (Lipinski definition) is 2. The van der Waals surface area contributed by atoms with Crippen molar-refractivity contribution < 1.29 is 8.83 Å². The topological polar surface area (TPSA) is 78.3 Å². The zero-order chi connectivity index (χ0) is 13.2. The number of furan rings is 2. The van der Waals surface area contributed by atoms with Gasteiger partial charge in [0.05, 0.1) is 12.5 Å². The van der Waals surface area contributed by atoms with E-state index < -0.39 is 0 Å². The normalized spacial score (nSPS) is 10.4. The number of halogens is 1. The molecule has 0 amide bonds. The predicted molar refractivity (Wildman–Crippen MR) is 80.9 cm³/mol. The van der Waals surface area contributed by atoms with Gasteiger partial charge in [0.15, 0.2) is 0 Å². The van der Waals surface area contributed by atoms with Gasteiger partial charge in [0, 0.05) is 16.9 Å². The van der Waals surface area contributed by atoms with Crippen LogP contribution in [-0.4, -0.2) is 0 Å². The van der Waals surface area contributed by atoms with Crippen LogP contribution in [0.25, 0.3) is 0 Å². The molecule has 2 aromatic heterocycles. The van der Waals surface area contributed by atoms with Crippen LogP contribution in [0.4, 0.5) is 11.4 Å². The van der Waals surface area contributed by atoms with Crippen LogP contribution in [0.1, 0.15) is 23.0 Å². The Morgan fingerprint density at radius 3 is 1.65 bits per heavy atom. The van der Waals surface area contributed by atoms with Crippen molar-refractivity contribution in [2.24, 2.45) is 0 Å². The fourth-order valence-corrected chi connectivity index (χ4v) is 2.27. The molecule has 1 aromatic carbocycles. The summed E-state index contributed by atoms with van der Waals surface area (Å²) in [5.41, 5.74) is 14.2. The van der Waals surface area contributed by atoms with Crippen LogP contribution in [0.15, 0.2) is 63.8 Å². The molecule has 5 heteroatoms. The van der Waals surface area contributed by atoms with Crippen LogP contribution in [-0.2, 0) is 0 Å². The second kappa shape index (κ2) is 5.75. The molecule has 0 saturated carbocycles. The van der Waals surface area contributed by atoms with Crippen LogP contribution >= 0.6 is 12.4 Å². The van der Waals surface area contributed by atoms with Crippen LogP contribution in [0.5, 0.6) is 0 Å². The van der Waals surface area contributed by atoms with Gasteiger partial charge in [0.1, 0.15) is 17.4 Å². The monoisotopic (exact) mass is 290 g/mol. The Hall–Kier alpha value is -2.33. The lowest BCUT2D eigenvalue weighted by Crippen LogP contribution is -2.08. The van der Waals surface area contributed by atoms with Crippen LogP contribution in [0, 0.1) is 0 Å². The van der Waals surface area contributed by atoms with Gasteiger partial charge in [-0.25, -0.2) is 0 Å². The minimum absolute atomic E-state index is 0. The Labute approximate surface area is 122 Å². The molecule has 104 valence electrons. The van der Waals surface area contributed by atoms with E-state index in [-0.39, 0.29) is 18.3 Å². The van der Waals surface area contributed by atoms with E-state index in [0.29, 0.717) is 11.4 Å². The van der Waals surface area contributed by atoms with Crippen molar-refractivity contribution in [2.45, 2.75) is 5.92 Å². The first-order valence-electron chi connectivity index (χ1n) is 5.98. The Morgan fingerprint density at radius 1 is 0.750 bits per heavy atom. The van der Waals surface area contributed by atoms with Crippen molar-refractivity contribution in [3.63, 3.8) is 0 Å². The second-order valence-electron chi connectivity index (χ2n) is 4.31. The summed E-state index contributed by atoms with van der Waals surface area (Å²) in [6, 6.07) is 12.9. The van der Waals surface area contributed by atoms with E-state index >= 15 is 0 Å². The molecule has 0 aliphatic carbocycles. The van der Waals surface area contributed by atoms with Gasteiger partial charge in [-0.05, 0) is 36.4 Å². The smallest absolute Gasteiger partial charge is 0.118 e. The Bertz CT molecular complexity index is 609. The molecule has 4 nitrogen and oxygen atoms in total. The highest BCUT2D eigenvalue weighted by molar-refractivity contribution is 5.85. The lowest BCUT2D eigenvalue weighted by molar-refractivity contribution is 0.450. The number of benzene rings is 1. The highest BCUT2D eigenvalue weighted by Crippen LogP contribution is 2.38. The van der Waals surface area contributed by atoms with E-state index in [9.17, 15) is 0 Å². The van der Waals surface area contributed by atoms with Crippen LogP contribution in [0.3, 0.4) is 0 Å². The molecule has 0 bridgehead atoms. The fraction of sp³-hybridized carbons (Fsp3) is 0.0667. The fourth-order valence-electron chi connectivity index (χ4n) is 2.27. The Kier molecular flexibility index (Phi) is 4.05.